The van der Waals surface area contributed by atoms with Crippen LogP contribution in [0.1, 0.15) is 26.3 Å². The molecular weight excluding hydrogens is 408 g/mol. The number of para-hydroxylation sites is 2. The minimum absolute atomic E-state index is 0.272. The zero-order chi connectivity index (χ0) is 19.4. The maximum Gasteiger partial charge on any atom is 0.257 e. The lowest BCUT2D eigenvalue weighted by Gasteiger charge is -2.10. The summed E-state index contributed by atoms with van der Waals surface area (Å²) in [5, 5.41) is 5.50. The van der Waals surface area contributed by atoms with Crippen LogP contribution in [-0.4, -0.2) is 16.8 Å². The highest BCUT2D eigenvalue weighted by molar-refractivity contribution is 9.10. The van der Waals surface area contributed by atoms with E-state index < -0.39 is 0 Å². The zero-order valence-corrected chi connectivity index (χ0v) is 16.1. The van der Waals surface area contributed by atoms with Gasteiger partial charge in [-0.25, -0.2) is 0 Å². The molecule has 0 bridgehead atoms. The number of hydrogen-bond donors (Lipinski definition) is 3. The van der Waals surface area contributed by atoms with Crippen molar-refractivity contribution in [3.63, 3.8) is 0 Å². The molecule has 0 aliphatic rings. The molecule has 3 aromatic rings. The molecule has 0 radical (unpaired) electrons. The smallest absolute Gasteiger partial charge is 0.257 e. The Hall–Kier alpha value is -3.19. The van der Waals surface area contributed by atoms with Gasteiger partial charge in [0.15, 0.2) is 0 Å². The van der Waals surface area contributed by atoms with Crippen molar-refractivity contribution in [1.29, 1.82) is 0 Å². The molecule has 6 nitrogen and oxygen atoms in total. The molecule has 1 aromatic heterocycles. The van der Waals surface area contributed by atoms with E-state index in [4.69, 9.17) is 5.73 Å². The Morgan fingerprint density at radius 1 is 1.00 bits per heavy atom. The van der Waals surface area contributed by atoms with Crippen molar-refractivity contribution in [2.75, 3.05) is 16.4 Å². The van der Waals surface area contributed by atoms with E-state index in [1.54, 1.807) is 42.5 Å². The molecule has 0 spiro atoms. The summed E-state index contributed by atoms with van der Waals surface area (Å²) >= 11 is 3.37. The summed E-state index contributed by atoms with van der Waals surface area (Å²) in [6, 6.07) is 13.9. The number of amides is 2. The SMILES string of the molecule is Cc1cc(Br)ccc1C(=O)Nc1cncc(C(=O)Nc2ccccc2N)c1. The number of carbonyl (C=O) groups excluding carboxylic acids is 2. The van der Waals surface area contributed by atoms with Crippen molar-refractivity contribution < 1.29 is 9.59 Å². The van der Waals surface area contributed by atoms with E-state index in [0.29, 0.717) is 28.2 Å². The van der Waals surface area contributed by atoms with Crippen LogP contribution in [0.2, 0.25) is 0 Å². The van der Waals surface area contributed by atoms with E-state index in [-0.39, 0.29) is 11.8 Å². The standard InChI is InChI=1S/C20H17BrN4O2/c1-12-8-14(21)6-7-16(12)20(27)24-15-9-13(10-23-11-15)19(26)25-18-5-3-2-4-17(18)22/h2-11H,22H2,1H3,(H,24,27)(H,25,26). The average Bonchev–Trinajstić information content (AvgIpc) is 2.63. The van der Waals surface area contributed by atoms with Crippen LogP contribution in [0, 0.1) is 6.92 Å². The normalized spacial score (nSPS) is 10.3. The van der Waals surface area contributed by atoms with Gasteiger partial charge in [0.1, 0.15) is 0 Å². The van der Waals surface area contributed by atoms with Crippen molar-refractivity contribution in [2.45, 2.75) is 6.92 Å². The minimum Gasteiger partial charge on any atom is -0.397 e. The van der Waals surface area contributed by atoms with E-state index in [2.05, 4.69) is 31.5 Å². The van der Waals surface area contributed by atoms with Gasteiger partial charge in [0.05, 0.1) is 28.8 Å². The number of rotatable bonds is 4. The Bertz CT molecular complexity index is 1020. The fourth-order valence-electron chi connectivity index (χ4n) is 2.52. The number of anilines is 3. The van der Waals surface area contributed by atoms with Crippen molar-refractivity contribution in [2.24, 2.45) is 0 Å². The van der Waals surface area contributed by atoms with Crippen LogP contribution < -0.4 is 16.4 Å². The molecule has 3 rings (SSSR count). The van der Waals surface area contributed by atoms with E-state index in [9.17, 15) is 9.59 Å². The third-order valence-corrected chi connectivity index (χ3v) is 4.39. The minimum atomic E-state index is -0.365. The Morgan fingerprint density at radius 3 is 2.52 bits per heavy atom. The van der Waals surface area contributed by atoms with Crippen LogP contribution in [0.15, 0.2) is 65.4 Å². The Kier molecular flexibility index (Phi) is 5.52. The summed E-state index contributed by atoms with van der Waals surface area (Å²) in [5.41, 5.74) is 8.94. The first-order valence-electron chi connectivity index (χ1n) is 8.12. The average molecular weight is 425 g/mol. The highest BCUT2D eigenvalue weighted by Gasteiger charge is 2.13. The molecule has 0 aliphatic carbocycles. The lowest BCUT2D eigenvalue weighted by atomic mass is 10.1. The predicted molar refractivity (Wildman–Crippen MR) is 110 cm³/mol. The van der Waals surface area contributed by atoms with E-state index in [0.717, 1.165) is 10.0 Å². The topological polar surface area (TPSA) is 97.1 Å². The van der Waals surface area contributed by atoms with E-state index in [1.165, 1.54) is 12.4 Å². The molecule has 0 fully saturated rings. The molecule has 2 aromatic carbocycles. The number of pyridine rings is 1. The van der Waals surface area contributed by atoms with Gasteiger partial charge in [-0.05, 0) is 48.9 Å². The van der Waals surface area contributed by atoms with Crippen LogP contribution in [0.4, 0.5) is 17.1 Å². The number of nitrogens with one attached hydrogen (secondary N) is 2. The number of halogens is 1. The fourth-order valence-corrected chi connectivity index (χ4v) is 2.99. The molecule has 0 unspecified atom stereocenters. The number of nitrogens with zero attached hydrogens (tertiary/aromatic N) is 1. The largest absolute Gasteiger partial charge is 0.397 e. The fraction of sp³-hybridized carbons (Fsp3) is 0.0500. The first-order chi connectivity index (χ1) is 12.9. The Balaban J connectivity index is 1.76. The third-order valence-electron chi connectivity index (χ3n) is 3.90. The molecule has 1 heterocycles. The van der Waals surface area contributed by atoms with E-state index in [1.807, 2.05) is 13.0 Å². The summed E-state index contributed by atoms with van der Waals surface area (Å²) in [6.07, 6.45) is 2.91. The lowest BCUT2D eigenvalue weighted by Crippen LogP contribution is -2.16. The molecular formula is C20H17BrN4O2. The van der Waals surface area contributed by atoms with Gasteiger partial charge in [-0.1, -0.05) is 28.1 Å². The molecule has 0 atom stereocenters. The summed E-state index contributed by atoms with van der Waals surface area (Å²) in [7, 11) is 0. The van der Waals surface area contributed by atoms with Gasteiger partial charge in [-0.15, -0.1) is 0 Å². The molecule has 0 saturated carbocycles. The maximum atomic E-state index is 12.5. The van der Waals surface area contributed by atoms with Crippen molar-refractivity contribution in [3.8, 4) is 0 Å². The second kappa shape index (κ2) is 8.01. The number of carbonyl (C=O) groups is 2. The van der Waals surface area contributed by atoms with Gasteiger partial charge in [0.2, 0.25) is 0 Å². The number of hydrogen-bond acceptors (Lipinski definition) is 4. The van der Waals surface area contributed by atoms with Gasteiger partial charge < -0.3 is 16.4 Å². The Morgan fingerprint density at radius 2 is 1.78 bits per heavy atom. The molecule has 0 aliphatic heterocycles. The summed E-state index contributed by atoms with van der Waals surface area (Å²) in [5.74, 6) is -0.636. The zero-order valence-electron chi connectivity index (χ0n) is 14.5. The second-order valence-electron chi connectivity index (χ2n) is 5.92. The third kappa shape index (κ3) is 4.51. The van der Waals surface area contributed by atoms with Crippen molar-refractivity contribution in [3.05, 3.63) is 82.1 Å². The molecule has 27 heavy (non-hydrogen) atoms. The first-order valence-corrected chi connectivity index (χ1v) is 8.92. The lowest BCUT2D eigenvalue weighted by molar-refractivity contribution is 0.101. The number of aromatic nitrogens is 1. The van der Waals surface area contributed by atoms with Crippen LogP contribution in [0.5, 0.6) is 0 Å². The molecule has 2 amide bonds. The van der Waals surface area contributed by atoms with Crippen molar-refractivity contribution >= 4 is 44.8 Å². The molecule has 4 N–H and O–H groups in total. The maximum absolute atomic E-state index is 12.5. The summed E-state index contributed by atoms with van der Waals surface area (Å²) < 4.78 is 0.900. The van der Waals surface area contributed by atoms with Crippen molar-refractivity contribution in [1.82, 2.24) is 4.98 Å². The second-order valence-corrected chi connectivity index (χ2v) is 6.83. The number of aryl methyl sites for hydroxylation is 1. The first kappa shape index (κ1) is 18.6. The molecule has 7 heteroatoms. The predicted octanol–water partition coefficient (Wildman–Crippen LogP) is 4.24. The quantitative estimate of drug-likeness (QED) is 0.545. The van der Waals surface area contributed by atoms with Gasteiger partial charge >= 0.3 is 0 Å². The highest BCUT2D eigenvalue weighted by atomic mass is 79.9. The number of benzene rings is 2. The van der Waals surface area contributed by atoms with Gasteiger partial charge in [-0.2, -0.15) is 0 Å². The number of nitrogens with two attached hydrogens (primary N) is 1. The van der Waals surface area contributed by atoms with Crippen LogP contribution in [0.25, 0.3) is 0 Å². The van der Waals surface area contributed by atoms with Gasteiger partial charge in [-0.3, -0.25) is 14.6 Å². The molecule has 136 valence electrons. The Labute approximate surface area is 164 Å². The molecule has 0 saturated heterocycles. The van der Waals surface area contributed by atoms with Crippen LogP contribution >= 0.6 is 15.9 Å². The van der Waals surface area contributed by atoms with Crippen LogP contribution in [0.3, 0.4) is 0 Å². The van der Waals surface area contributed by atoms with Crippen LogP contribution in [-0.2, 0) is 0 Å². The summed E-state index contributed by atoms with van der Waals surface area (Å²) in [6.45, 7) is 1.85. The highest BCUT2D eigenvalue weighted by Crippen LogP contribution is 2.20. The number of nitrogen functional groups attached to an aromatic ring is 1. The summed E-state index contributed by atoms with van der Waals surface area (Å²) in [4.78, 5) is 29.0. The monoisotopic (exact) mass is 424 g/mol. The van der Waals surface area contributed by atoms with Gasteiger partial charge in [0, 0.05) is 16.2 Å². The van der Waals surface area contributed by atoms with Gasteiger partial charge in [0.25, 0.3) is 11.8 Å². The van der Waals surface area contributed by atoms with E-state index >= 15 is 0 Å².